The molecule has 0 saturated carbocycles. The van der Waals surface area contributed by atoms with Crippen LogP contribution in [0.15, 0.2) is 30.3 Å². The van der Waals surface area contributed by atoms with Gasteiger partial charge < -0.3 is 5.11 Å². The number of hydrogen-bond donors (Lipinski definition) is 0. The predicted octanol–water partition coefficient (Wildman–Crippen LogP) is -2.41. The Morgan fingerprint density at radius 3 is 2.20 bits per heavy atom. The summed E-state index contributed by atoms with van der Waals surface area (Å²) in [6.45, 7) is -0.00991. The van der Waals surface area contributed by atoms with Gasteiger partial charge in [0.1, 0.15) is 0 Å². The zero-order chi connectivity index (χ0) is 6.53. The van der Waals surface area contributed by atoms with Gasteiger partial charge >= 0.3 is 29.6 Å². The van der Waals surface area contributed by atoms with Crippen LogP contribution >= 0.6 is 0 Å². The molecule has 0 aliphatic rings. The number of hydrogen-bond acceptors (Lipinski definition) is 1. The average molecular weight is 144 g/mol. The summed E-state index contributed by atoms with van der Waals surface area (Å²) in [5.74, 6) is 0. The topological polar surface area (TPSA) is 23.1 Å². The Morgan fingerprint density at radius 1 is 1.10 bits per heavy atom. The van der Waals surface area contributed by atoms with Crippen LogP contribution in [0.25, 0.3) is 0 Å². The van der Waals surface area contributed by atoms with E-state index in [0.29, 0.717) is 6.42 Å². The van der Waals surface area contributed by atoms with Gasteiger partial charge in [-0.2, -0.15) is 0 Å². The molecule has 1 rings (SSSR count). The van der Waals surface area contributed by atoms with Crippen molar-refractivity contribution in [3.8, 4) is 0 Å². The second-order valence-corrected chi connectivity index (χ2v) is 1.94. The van der Waals surface area contributed by atoms with E-state index in [1.54, 1.807) is 0 Å². The summed E-state index contributed by atoms with van der Waals surface area (Å²) in [6.07, 6.45) is 0.654. The minimum absolute atomic E-state index is 0. The summed E-state index contributed by atoms with van der Waals surface area (Å²) in [5, 5.41) is 10.1. The van der Waals surface area contributed by atoms with Gasteiger partial charge in [0.15, 0.2) is 0 Å². The molecule has 0 radical (unpaired) electrons. The summed E-state index contributed by atoms with van der Waals surface area (Å²) in [6, 6.07) is 9.79. The van der Waals surface area contributed by atoms with E-state index in [2.05, 4.69) is 0 Å². The molecule has 0 N–H and O–H groups in total. The van der Waals surface area contributed by atoms with Crippen LogP contribution in [-0.4, -0.2) is 6.61 Å². The molecular weight excluding hydrogens is 135 g/mol. The van der Waals surface area contributed by atoms with Gasteiger partial charge in [-0.3, -0.25) is 0 Å². The third-order valence-electron chi connectivity index (χ3n) is 1.23. The smallest absolute Gasteiger partial charge is 0.854 e. The first-order valence-electron chi connectivity index (χ1n) is 3.05. The number of rotatable bonds is 2. The van der Waals surface area contributed by atoms with Gasteiger partial charge in [-0.25, -0.2) is 0 Å². The standard InChI is InChI=1S/C8H9O.Na/c9-7-6-8-4-2-1-3-5-8;/h1-5H,6-7H2;/q-1;+1. The van der Waals surface area contributed by atoms with Crippen LogP contribution in [0.4, 0.5) is 0 Å². The van der Waals surface area contributed by atoms with Crippen LogP contribution < -0.4 is 34.7 Å². The van der Waals surface area contributed by atoms with Gasteiger partial charge in [0.25, 0.3) is 0 Å². The summed E-state index contributed by atoms with van der Waals surface area (Å²) in [5.41, 5.74) is 1.13. The molecule has 0 saturated heterocycles. The summed E-state index contributed by atoms with van der Waals surface area (Å²) >= 11 is 0. The molecule has 0 aliphatic heterocycles. The SMILES string of the molecule is [Na+].[O-]CCc1ccccc1. The van der Waals surface area contributed by atoms with Crippen molar-refractivity contribution in [2.45, 2.75) is 6.42 Å². The Bertz CT molecular complexity index is 162. The van der Waals surface area contributed by atoms with Crippen LogP contribution in [0.3, 0.4) is 0 Å². The van der Waals surface area contributed by atoms with Crippen molar-refractivity contribution >= 4 is 0 Å². The van der Waals surface area contributed by atoms with E-state index in [1.165, 1.54) is 0 Å². The Morgan fingerprint density at radius 2 is 1.70 bits per heavy atom. The third kappa shape index (κ3) is 3.37. The fourth-order valence-electron chi connectivity index (χ4n) is 0.763. The first-order chi connectivity index (χ1) is 4.43. The van der Waals surface area contributed by atoms with Gasteiger partial charge in [0, 0.05) is 0 Å². The monoisotopic (exact) mass is 144 g/mol. The molecule has 0 unspecified atom stereocenters. The van der Waals surface area contributed by atoms with Crippen molar-refractivity contribution in [2.75, 3.05) is 6.61 Å². The summed E-state index contributed by atoms with van der Waals surface area (Å²) in [7, 11) is 0. The van der Waals surface area contributed by atoms with E-state index in [9.17, 15) is 5.11 Å². The number of benzene rings is 1. The van der Waals surface area contributed by atoms with Crippen molar-refractivity contribution in [2.24, 2.45) is 0 Å². The van der Waals surface area contributed by atoms with Crippen molar-refractivity contribution < 1.29 is 34.7 Å². The first-order valence-corrected chi connectivity index (χ1v) is 3.05. The second-order valence-electron chi connectivity index (χ2n) is 1.94. The van der Waals surface area contributed by atoms with Crippen LogP contribution in [0, 0.1) is 0 Å². The third-order valence-corrected chi connectivity index (χ3v) is 1.23. The Hall–Kier alpha value is 0.180. The molecule has 0 fully saturated rings. The Labute approximate surface area is 83.4 Å². The van der Waals surface area contributed by atoms with Crippen LogP contribution in [0.5, 0.6) is 0 Å². The van der Waals surface area contributed by atoms with E-state index < -0.39 is 0 Å². The maximum Gasteiger partial charge on any atom is 1.00 e. The molecule has 1 aromatic rings. The molecule has 0 aliphatic carbocycles. The zero-order valence-corrected chi connectivity index (χ0v) is 8.21. The second kappa shape index (κ2) is 5.93. The van der Waals surface area contributed by atoms with E-state index in [4.69, 9.17) is 0 Å². The predicted molar refractivity (Wildman–Crippen MR) is 35.0 cm³/mol. The van der Waals surface area contributed by atoms with Crippen LogP contribution in [-0.2, 0) is 6.42 Å². The van der Waals surface area contributed by atoms with E-state index in [-0.39, 0.29) is 36.2 Å². The normalized spacial score (nSPS) is 8.50. The Kier molecular flexibility index (Phi) is 6.03. The fourth-order valence-corrected chi connectivity index (χ4v) is 0.763. The molecule has 0 heterocycles. The van der Waals surface area contributed by atoms with Gasteiger partial charge in [-0.15, -0.1) is 6.61 Å². The average Bonchev–Trinajstić information content (AvgIpc) is 1.91. The summed E-state index contributed by atoms with van der Waals surface area (Å²) in [4.78, 5) is 0. The Balaban J connectivity index is 0.000000810. The van der Waals surface area contributed by atoms with Crippen molar-refractivity contribution in [3.63, 3.8) is 0 Å². The van der Waals surface area contributed by atoms with E-state index in [1.807, 2.05) is 30.3 Å². The van der Waals surface area contributed by atoms with E-state index >= 15 is 0 Å². The van der Waals surface area contributed by atoms with Crippen LogP contribution in [0.2, 0.25) is 0 Å². The minimum Gasteiger partial charge on any atom is -0.854 e. The maximum absolute atomic E-state index is 10.1. The molecule has 48 valence electrons. The molecule has 1 nitrogen and oxygen atoms in total. The quantitative estimate of drug-likeness (QED) is 0.424. The molecule has 10 heavy (non-hydrogen) atoms. The van der Waals surface area contributed by atoms with Crippen molar-refractivity contribution in [1.29, 1.82) is 0 Å². The van der Waals surface area contributed by atoms with Crippen molar-refractivity contribution in [1.82, 2.24) is 0 Å². The molecule has 0 amide bonds. The molecule has 0 atom stereocenters. The van der Waals surface area contributed by atoms with Gasteiger partial charge in [0.2, 0.25) is 0 Å². The molecule has 2 heteroatoms. The van der Waals surface area contributed by atoms with Gasteiger partial charge in [0.05, 0.1) is 0 Å². The zero-order valence-electron chi connectivity index (χ0n) is 6.21. The maximum atomic E-state index is 10.1. The molecule has 1 aromatic carbocycles. The minimum atomic E-state index is -0.00991. The fraction of sp³-hybridized carbons (Fsp3) is 0.250. The van der Waals surface area contributed by atoms with Crippen LogP contribution in [0.1, 0.15) is 5.56 Å². The van der Waals surface area contributed by atoms with Crippen molar-refractivity contribution in [3.05, 3.63) is 35.9 Å². The van der Waals surface area contributed by atoms with Gasteiger partial charge in [-0.1, -0.05) is 30.3 Å². The molecule has 0 aromatic heterocycles. The molecule has 0 spiro atoms. The molecule has 0 bridgehead atoms. The van der Waals surface area contributed by atoms with E-state index in [0.717, 1.165) is 5.56 Å². The largest absolute Gasteiger partial charge is 1.00 e. The van der Waals surface area contributed by atoms with Gasteiger partial charge in [-0.05, 0) is 12.0 Å². The summed E-state index contributed by atoms with van der Waals surface area (Å²) < 4.78 is 0. The first kappa shape index (κ1) is 10.2. The molecular formula is C8H9NaO.